The lowest BCUT2D eigenvalue weighted by Crippen LogP contribution is -2.38. The molecule has 0 bridgehead atoms. The van der Waals surface area contributed by atoms with E-state index in [0.29, 0.717) is 13.0 Å². The molecule has 1 aromatic heterocycles. The second-order valence-corrected chi connectivity index (χ2v) is 3.51. The number of pyridine rings is 1. The normalized spacial score (nSPS) is 12.2. The van der Waals surface area contributed by atoms with Crippen molar-refractivity contribution in [3.8, 4) is 0 Å². The van der Waals surface area contributed by atoms with Crippen LogP contribution in [0.1, 0.15) is 16.8 Å². The second-order valence-electron chi connectivity index (χ2n) is 3.51. The number of hydrogen-bond donors (Lipinski definition) is 2. The van der Waals surface area contributed by atoms with Crippen LogP contribution in [0.2, 0.25) is 0 Å². The Kier molecular flexibility index (Phi) is 5.51. The van der Waals surface area contributed by atoms with Crippen molar-refractivity contribution in [2.75, 3.05) is 20.3 Å². The number of aliphatic hydroxyl groups excluding tert-OH is 1. The molecule has 1 unspecified atom stereocenters. The second kappa shape index (κ2) is 6.93. The molecule has 0 fully saturated rings. The molecular weight excluding hydrogens is 227 g/mol. The molecule has 0 saturated heterocycles. The number of carbonyl (C=O) groups excluding carboxylic acids is 1. The van der Waals surface area contributed by atoms with Gasteiger partial charge in [-0.3, -0.25) is 4.79 Å². The fourth-order valence-corrected chi connectivity index (χ4v) is 1.37. The van der Waals surface area contributed by atoms with E-state index in [1.165, 1.54) is 19.4 Å². The highest BCUT2D eigenvalue weighted by Gasteiger charge is 2.13. The van der Waals surface area contributed by atoms with Crippen LogP contribution in [0.25, 0.3) is 0 Å². The summed E-state index contributed by atoms with van der Waals surface area (Å²) in [6, 6.07) is 2.17. The molecule has 1 rings (SSSR count). The molecule has 2 N–H and O–H groups in total. The van der Waals surface area contributed by atoms with Crippen LogP contribution in [0.4, 0.5) is 4.39 Å². The lowest BCUT2D eigenvalue weighted by molar-refractivity contribution is 0.0878. The lowest BCUT2D eigenvalue weighted by Gasteiger charge is -2.16. The number of nitrogens with one attached hydrogen (secondary N) is 1. The van der Waals surface area contributed by atoms with Crippen LogP contribution in [-0.4, -0.2) is 42.4 Å². The number of ether oxygens (including phenoxy) is 1. The first-order chi connectivity index (χ1) is 8.17. The van der Waals surface area contributed by atoms with Crippen LogP contribution in [0.15, 0.2) is 18.3 Å². The fourth-order valence-electron chi connectivity index (χ4n) is 1.37. The van der Waals surface area contributed by atoms with E-state index < -0.39 is 11.9 Å². The van der Waals surface area contributed by atoms with Gasteiger partial charge in [-0.1, -0.05) is 0 Å². The Morgan fingerprint density at radius 1 is 1.71 bits per heavy atom. The summed E-state index contributed by atoms with van der Waals surface area (Å²) in [5, 5.41) is 11.5. The van der Waals surface area contributed by atoms with Crippen LogP contribution in [0, 0.1) is 5.95 Å². The Labute approximate surface area is 98.6 Å². The summed E-state index contributed by atoms with van der Waals surface area (Å²) in [4.78, 5) is 15.1. The molecule has 1 amide bonds. The van der Waals surface area contributed by atoms with E-state index in [9.17, 15) is 9.18 Å². The number of nitrogens with zero attached hydrogens (tertiary/aromatic N) is 1. The van der Waals surface area contributed by atoms with Crippen LogP contribution >= 0.6 is 0 Å². The minimum atomic E-state index is -0.705. The van der Waals surface area contributed by atoms with E-state index in [4.69, 9.17) is 9.84 Å². The van der Waals surface area contributed by atoms with Crippen LogP contribution < -0.4 is 5.32 Å². The maximum absolute atomic E-state index is 12.8. The molecule has 0 spiro atoms. The highest BCUT2D eigenvalue weighted by atomic mass is 19.1. The monoisotopic (exact) mass is 242 g/mol. The molecule has 17 heavy (non-hydrogen) atoms. The maximum Gasteiger partial charge on any atom is 0.251 e. The average molecular weight is 242 g/mol. The topological polar surface area (TPSA) is 71.5 Å². The minimum Gasteiger partial charge on any atom is -0.396 e. The Balaban J connectivity index is 2.63. The van der Waals surface area contributed by atoms with E-state index in [1.807, 2.05) is 0 Å². The van der Waals surface area contributed by atoms with Gasteiger partial charge in [-0.25, -0.2) is 4.98 Å². The lowest BCUT2D eigenvalue weighted by atomic mass is 10.2. The summed E-state index contributed by atoms with van der Waals surface area (Å²) in [7, 11) is 1.50. The largest absolute Gasteiger partial charge is 0.396 e. The standard InChI is InChI=1S/C11H15FN2O3/c1-17-7-9(3-5-15)14-11(16)8-2-4-13-10(12)6-8/h2,4,6,9,15H,3,5,7H2,1H3,(H,14,16). The van der Waals surface area contributed by atoms with Gasteiger partial charge in [-0.2, -0.15) is 4.39 Å². The van der Waals surface area contributed by atoms with Gasteiger partial charge in [0.1, 0.15) is 0 Å². The molecular formula is C11H15FN2O3. The Morgan fingerprint density at radius 3 is 3.06 bits per heavy atom. The Morgan fingerprint density at radius 2 is 2.47 bits per heavy atom. The van der Waals surface area contributed by atoms with Crippen molar-refractivity contribution in [3.63, 3.8) is 0 Å². The van der Waals surface area contributed by atoms with E-state index in [2.05, 4.69) is 10.3 Å². The number of aromatic nitrogens is 1. The third-order valence-corrected chi connectivity index (χ3v) is 2.17. The Hall–Kier alpha value is -1.53. The summed E-state index contributed by atoms with van der Waals surface area (Å²) in [5.74, 6) is -1.12. The van der Waals surface area contributed by atoms with Crippen LogP contribution in [0.3, 0.4) is 0 Å². The minimum absolute atomic E-state index is 0.0565. The van der Waals surface area contributed by atoms with Gasteiger partial charge in [0.15, 0.2) is 0 Å². The van der Waals surface area contributed by atoms with Gasteiger partial charge in [0, 0.05) is 31.5 Å². The van der Waals surface area contributed by atoms with Gasteiger partial charge in [0.25, 0.3) is 5.91 Å². The van der Waals surface area contributed by atoms with Gasteiger partial charge in [-0.05, 0) is 12.5 Å². The van der Waals surface area contributed by atoms with Gasteiger partial charge < -0.3 is 15.2 Å². The summed E-state index contributed by atoms with van der Waals surface area (Å²) in [6.45, 7) is 0.235. The third-order valence-electron chi connectivity index (χ3n) is 2.17. The van der Waals surface area contributed by atoms with Gasteiger partial charge >= 0.3 is 0 Å². The zero-order valence-corrected chi connectivity index (χ0v) is 9.52. The molecule has 0 radical (unpaired) electrons. The van der Waals surface area contributed by atoms with Crippen molar-refractivity contribution in [1.82, 2.24) is 10.3 Å². The summed E-state index contributed by atoms with van der Waals surface area (Å²) < 4.78 is 17.7. The molecule has 0 saturated carbocycles. The van der Waals surface area contributed by atoms with Crippen molar-refractivity contribution in [1.29, 1.82) is 0 Å². The molecule has 1 heterocycles. The Bertz CT molecular complexity index is 367. The molecule has 0 aromatic carbocycles. The quantitative estimate of drug-likeness (QED) is 0.706. The molecule has 0 aliphatic carbocycles. The van der Waals surface area contributed by atoms with Crippen LogP contribution in [-0.2, 0) is 4.74 Å². The van der Waals surface area contributed by atoms with Crippen molar-refractivity contribution in [2.45, 2.75) is 12.5 Å². The van der Waals surface area contributed by atoms with Crippen molar-refractivity contribution in [2.24, 2.45) is 0 Å². The molecule has 6 heteroatoms. The molecule has 94 valence electrons. The predicted molar refractivity (Wildman–Crippen MR) is 59.0 cm³/mol. The van der Waals surface area contributed by atoms with Gasteiger partial charge in [0.2, 0.25) is 5.95 Å². The fraction of sp³-hybridized carbons (Fsp3) is 0.455. The number of hydrogen-bond acceptors (Lipinski definition) is 4. The summed E-state index contributed by atoms with van der Waals surface area (Å²) in [5.41, 5.74) is 0.191. The van der Waals surface area contributed by atoms with Crippen molar-refractivity contribution >= 4 is 5.91 Å². The highest BCUT2D eigenvalue weighted by Crippen LogP contribution is 2.02. The average Bonchev–Trinajstić information content (AvgIpc) is 2.29. The van der Waals surface area contributed by atoms with Crippen molar-refractivity contribution < 1.29 is 19.0 Å². The number of methoxy groups -OCH3 is 1. The third kappa shape index (κ3) is 4.46. The first-order valence-corrected chi connectivity index (χ1v) is 5.19. The first-order valence-electron chi connectivity index (χ1n) is 5.19. The molecule has 1 atom stereocenters. The summed E-state index contributed by atoms with van der Waals surface area (Å²) in [6.07, 6.45) is 1.61. The predicted octanol–water partition coefficient (Wildman–Crippen LogP) is 0.348. The van der Waals surface area contributed by atoms with Gasteiger partial charge in [-0.15, -0.1) is 0 Å². The first kappa shape index (κ1) is 13.5. The zero-order chi connectivity index (χ0) is 12.7. The van der Waals surface area contributed by atoms with Crippen molar-refractivity contribution in [3.05, 3.63) is 29.8 Å². The van der Waals surface area contributed by atoms with Gasteiger partial charge in [0.05, 0.1) is 12.6 Å². The molecule has 0 aliphatic rings. The number of aliphatic hydroxyl groups is 1. The smallest absolute Gasteiger partial charge is 0.251 e. The number of rotatable bonds is 6. The maximum atomic E-state index is 12.8. The molecule has 5 nitrogen and oxygen atoms in total. The highest BCUT2D eigenvalue weighted by molar-refractivity contribution is 5.94. The zero-order valence-electron chi connectivity index (χ0n) is 9.52. The summed E-state index contributed by atoms with van der Waals surface area (Å²) >= 11 is 0. The van der Waals surface area contributed by atoms with E-state index in [1.54, 1.807) is 0 Å². The van der Waals surface area contributed by atoms with Crippen LogP contribution in [0.5, 0.6) is 0 Å². The molecule has 0 aliphatic heterocycles. The number of carbonyl (C=O) groups is 1. The van der Waals surface area contributed by atoms with E-state index >= 15 is 0 Å². The number of amides is 1. The SMILES string of the molecule is COCC(CCO)NC(=O)c1ccnc(F)c1. The number of halogens is 1. The van der Waals surface area contributed by atoms with E-state index in [0.717, 1.165) is 6.07 Å². The van der Waals surface area contributed by atoms with E-state index in [-0.39, 0.29) is 18.2 Å². The molecule has 1 aromatic rings.